The zero-order valence-corrected chi connectivity index (χ0v) is 21.1. The quantitative estimate of drug-likeness (QED) is 0.424. The van der Waals surface area contributed by atoms with Crippen molar-refractivity contribution in [3.05, 3.63) is 102 Å². The monoisotopic (exact) mass is 508 g/mol. The fourth-order valence-electron chi connectivity index (χ4n) is 5.20. The third kappa shape index (κ3) is 5.20. The van der Waals surface area contributed by atoms with E-state index in [9.17, 15) is 9.18 Å². The maximum atomic E-state index is 13.5. The highest BCUT2D eigenvalue weighted by Gasteiger charge is 2.24. The van der Waals surface area contributed by atoms with Crippen molar-refractivity contribution in [3.63, 3.8) is 0 Å². The number of rotatable bonds is 5. The third-order valence-electron chi connectivity index (χ3n) is 7.34. The van der Waals surface area contributed by atoms with Gasteiger partial charge in [0.25, 0.3) is 5.91 Å². The summed E-state index contributed by atoms with van der Waals surface area (Å²) < 4.78 is 13.5. The molecule has 4 heterocycles. The number of anilines is 2. The van der Waals surface area contributed by atoms with Crippen LogP contribution in [0.2, 0.25) is 0 Å². The van der Waals surface area contributed by atoms with Crippen molar-refractivity contribution in [2.45, 2.75) is 31.8 Å². The van der Waals surface area contributed by atoms with Crippen LogP contribution in [0.1, 0.15) is 34.3 Å². The molecule has 8 heteroatoms. The molecule has 0 saturated carbocycles. The van der Waals surface area contributed by atoms with Gasteiger partial charge >= 0.3 is 0 Å². The molecule has 1 amide bonds. The Labute approximate surface area is 221 Å². The number of benzene rings is 2. The number of halogens is 1. The number of hydrogen-bond acceptors (Lipinski definition) is 6. The molecular weight excluding hydrogens is 479 g/mol. The molecule has 38 heavy (non-hydrogen) atoms. The highest BCUT2D eigenvalue weighted by Crippen LogP contribution is 2.25. The summed E-state index contributed by atoms with van der Waals surface area (Å²) in [5.74, 6) is 1.24. The fourth-order valence-corrected chi connectivity index (χ4v) is 5.20. The zero-order valence-electron chi connectivity index (χ0n) is 21.1. The Hall–Kier alpha value is -4.33. The van der Waals surface area contributed by atoms with Crippen LogP contribution in [0.25, 0.3) is 11.3 Å². The highest BCUT2D eigenvalue weighted by molar-refractivity contribution is 5.94. The molecule has 1 saturated heterocycles. The minimum absolute atomic E-state index is 0.0848. The number of nitrogens with zero attached hydrogens (tertiary/aromatic N) is 5. The standard InChI is InChI=1S/C30H29FN6O/c31-25-7-3-6-22(18-25)27-9-8-23(19-33-27)29(38)34-26-12-16-36(17-13-26)28-10-14-32-30(35-28)37-15-11-21-4-1-2-5-24(21)20-37/h1-10,14,18-19,26H,11-13,15-17,20H2,(H,34,38). The molecule has 2 aliphatic heterocycles. The van der Waals surface area contributed by atoms with E-state index in [1.54, 1.807) is 30.5 Å². The minimum Gasteiger partial charge on any atom is -0.356 e. The molecule has 1 fully saturated rings. The molecule has 2 aromatic carbocycles. The lowest BCUT2D eigenvalue weighted by Gasteiger charge is -2.34. The van der Waals surface area contributed by atoms with Gasteiger partial charge in [-0.15, -0.1) is 0 Å². The Bertz CT molecular complexity index is 1430. The molecule has 2 aromatic heterocycles. The summed E-state index contributed by atoms with van der Waals surface area (Å²) in [5, 5.41) is 3.14. The van der Waals surface area contributed by atoms with Gasteiger partial charge in [-0.2, -0.15) is 4.98 Å². The van der Waals surface area contributed by atoms with E-state index in [-0.39, 0.29) is 17.8 Å². The Morgan fingerprint density at radius 2 is 1.74 bits per heavy atom. The van der Waals surface area contributed by atoms with Crippen LogP contribution in [0.5, 0.6) is 0 Å². The summed E-state index contributed by atoms with van der Waals surface area (Å²) in [7, 11) is 0. The van der Waals surface area contributed by atoms with Gasteiger partial charge in [0, 0.05) is 50.2 Å². The van der Waals surface area contributed by atoms with Crippen LogP contribution in [0.3, 0.4) is 0 Å². The molecule has 0 radical (unpaired) electrons. The summed E-state index contributed by atoms with van der Waals surface area (Å²) in [6.07, 6.45) is 6.05. The predicted molar refractivity (Wildman–Crippen MR) is 146 cm³/mol. The molecule has 0 bridgehead atoms. The van der Waals surface area contributed by atoms with Gasteiger partial charge < -0.3 is 15.1 Å². The Balaban J connectivity index is 1.04. The number of piperidine rings is 1. The summed E-state index contributed by atoms with van der Waals surface area (Å²) in [4.78, 5) is 31.1. The van der Waals surface area contributed by atoms with Gasteiger partial charge in [-0.1, -0.05) is 36.4 Å². The number of nitrogens with one attached hydrogen (secondary N) is 1. The van der Waals surface area contributed by atoms with Gasteiger partial charge in [-0.25, -0.2) is 9.37 Å². The molecule has 192 valence electrons. The first-order valence-corrected chi connectivity index (χ1v) is 13.0. The molecule has 0 spiro atoms. The van der Waals surface area contributed by atoms with E-state index in [4.69, 9.17) is 4.98 Å². The first-order chi connectivity index (χ1) is 18.6. The molecule has 0 unspecified atom stereocenters. The zero-order chi connectivity index (χ0) is 25.9. The van der Waals surface area contributed by atoms with Crippen molar-refractivity contribution in [1.29, 1.82) is 0 Å². The third-order valence-corrected chi connectivity index (χ3v) is 7.34. The van der Waals surface area contributed by atoms with E-state index >= 15 is 0 Å². The van der Waals surface area contributed by atoms with Gasteiger partial charge in [0.1, 0.15) is 11.6 Å². The molecule has 2 aliphatic rings. The predicted octanol–water partition coefficient (Wildman–Crippen LogP) is 4.64. The van der Waals surface area contributed by atoms with Gasteiger partial charge in [0.05, 0.1) is 11.3 Å². The molecule has 0 aliphatic carbocycles. The van der Waals surface area contributed by atoms with Crippen LogP contribution in [0, 0.1) is 5.82 Å². The van der Waals surface area contributed by atoms with Crippen LogP contribution < -0.4 is 15.1 Å². The topological polar surface area (TPSA) is 74.2 Å². The average molecular weight is 509 g/mol. The van der Waals surface area contributed by atoms with Crippen LogP contribution >= 0.6 is 0 Å². The second kappa shape index (κ2) is 10.6. The van der Waals surface area contributed by atoms with Crippen LogP contribution in [-0.2, 0) is 13.0 Å². The lowest BCUT2D eigenvalue weighted by Crippen LogP contribution is -2.45. The van der Waals surface area contributed by atoms with Crippen molar-refractivity contribution in [2.24, 2.45) is 0 Å². The Morgan fingerprint density at radius 1 is 0.895 bits per heavy atom. The number of carbonyl (C=O) groups is 1. The number of fused-ring (bicyclic) bond motifs is 1. The van der Waals surface area contributed by atoms with E-state index in [2.05, 4.69) is 49.4 Å². The van der Waals surface area contributed by atoms with E-state index in [0.717, 1.165) is 57.2 Å². The summed E-state index contributed by atoms with van der Waals surface area (Å²) in [6, 6.07) is 20.4. The van der Waals surface area contributed by atoms with Crippen molar-refractivity contribution < 1.29 is 9.18 Å². The first-order valence-electron chi connectivity index (χ1n) is 13.0. The number of aromatic nitrogens is 3. The summed E-state index contributed by atoms with van der Waals surface area (Å²) in [6.45, 7) is 3.35. The van der Waals surface area contributed by atoms with Crippen molar-refractivity contribution >= 4 is 17.7 Å². The largest absolute Gasteiger partial charge is 0.356 e. The van der Waals surface area contributed by atoms with Crippen molar-refractivity contribution in [3.8, 4) is 11.3 Å². The highest BCUT2D eigenvalue weighted by atomic mass is 19.1. The second-order valence-electron chi connectivity index (χ2n) is 9.83. The van der Waals surface area contributed by atoms with E-state index in [0.29, 0.717) is 16.8 Å². The molecule has 6 rings (SSSR count). The first kappa shape index (κ1) is 24.0. The van der Waals surface area contributed by atoms with Gasteiger partial charge in [-0.3, -0.25) is 9.78 Å². The van der Waals surface area contributed by atoms with Crippen LogP contribution in [-0.4, -0.2) is 46.5 Å². The number of amides is 1. The van der Waals surface area contributed by atoms with E-state index < -0.39 is 0 Å². The Kier molecular flexibility index (Phi) is 6.69. The number of carbonyl (C=O) groups excluding carboxylic acids is 1. The lowest BCUT2D eigenvalue weighted by atomic mass is 10.0. The minimum atomic E-state index is -0.312. The molecule has 7 nitrogen and oxygen atoms in total. The molecule has 4 aromatic rings. The second-order valence-corrected chi connectivity index (χ2v) is 9.83. The average Bonchev–Trinajstić information content (AvgIpc) is 2.97. The number of hydrogen-bond donors (Lipinski definition) is 1. The molecule has 1 N–H and O–H groups in total. The molecular formula is C30H29FN6O. The SMILES string of the molecule is O=C(NC1CCN(c2ccnc(N3CCc4ccccc4C3)n2)CC1)c1ccc(-c2cccc(F)c2)nc1. The number of pyridine rings is 1. The van der Waals surface area contributed by atoms with Crippen molar-refractivity contribution in [2.75, 3.05) is 29.4 Å². The normalized spacial score (nSPS) is 15.7. The molecule has 0 atom stereocenters. The van der Waals surface area contributed by atoms with Crippen LogP contribution in [0.15, 0.2) is 79.1 Å². The van der Waals surface area contributed by atoms with E-state index in [1.807, 2.05) is 12.3 Å². The smallest absolute Gasteiger partial charge is 0.253 e. The van der Waals surface area contributed by atoms with Gasteiger partial charge in [-0.05, 0) is 60.7 Å². The summed E-state index contributed by atoms with van der Waals surface area (Å²) in [5.41, 5.74) is 4.55. The van der Waals surface area contributed by atoms with Gasteiger partial charge in [0.15, 0.2) is 0 Å². The van der Waals surface area contributed by atoms with Gasteiger partial charge in [0.2, 0.25) is 5.95 Å². The lowest BCUT2D eigenvalue weighted by molar-refractivity contribution is 0.0930. The maximum Gasteiger partial charge on any atom is 0.253 e. The fraction of sp³-hybridized carbons (Fsp3) is 0.267. The van der Waals surface area contributed by atoms with Crippen molar-refractivity contribution in [1.82, 2.24) is 20.3 Å². The van der Waals surface area contributed by atoms with Crippen LogP contribution in [0.4, 0.5) is 16.2 Å². The van der Waals surface area contributed by atoms with E-state index in [1.165, 1.54) is 23.3 Å². The maximum absolute atomic E-state index is 13.5. The summed E-state index contributed by atoms with van der Waals surface area (Å²) >= 11 is 0. The Morgan fingerprint density at radius 3 is 2.53 bits per heavy atom.